The lowest BCUT2D eigenvalue weighted by atomic mass is 9.97. The zero-order chi connectivity index (χ0) is 25.7. The van der Waals surface area contributed by atoms with Crippen molar-refractivity contribution >= 4 is 6.29 Å². The highest BCUT2D eigenvalue weighted by Gasteiger charge is 2.43. The van der Waals surface area contributed by atoms with Gasteiger partial charge >= 0.3 is 0 Å². The van der Waals surface area contributed by atoms with Crippen molar-refractivity contribution in [2.45, 2.75) is 45.1 Å². The summed E-state index contributed by atoms with van der Waals surface area (Å²) in [5.74, 6) is 0.588. The maximum atomic E-state index is 11.1. The molecule has 5 nitrogen and oxygen atoms in total. The highest BCUT2D eigenvalue weighted by molar-refractivity contribution is 5.74. The van der Waals surface area contributed by atoms with E-state index in [9.17, 15) is 4.79 Å². The highest BCUT2D eigenvalue weighted by Crippen LogP contribution is 2.48. The molecule has 2 atom stereocenters. The Bertz CT molecular complexity index is 1250. The maximum absolute atomic E-state index is 11.1. The van der Waals surface area contributed by atoms with Gasteiger partial charge in [-0.3, -0.25) is 4.79 Å². The van der Waals surface area contributed by atoms with E-state index in [0.29, 0.717) is 30.3 Å². The SMILES string of the molecule is CC1(C)O[C@H](c2ccc(C=O)cc2)[C@@H](c2cc(OCc3ccccc3)cc(OCc3ccccc3)c2)O1. The molecule has 1 fully saturated rings. The molecule has 37 heavy (non-hydrogen) atoms. The van der Waals surface area contributed by atoms with Crippen LogP contribution in [0.3, 0.4) is 0 Å². The fourth-order valence-corrected chi connectivity index (χ4v) is 4.42. The smallest absolute Gasteiger partial charge is 0.164 e. The lowest BCUT2D eigenvalue weighted by Gasteiger charge is -2.20. The Hall–Kier alpha value is -3.93. The van der Waals surface area contributed by atoms with E-state index in [0.717, 1.165) is 28.5 Å². The van der Waals surface area contributed by atoms with Crippen molar-refractivity contribution < 1.29 is 23.7 Å². The summed E-state index contributed by atoms with van der Waals surface area (Å²) in [6.07, 6.45) is 0.0830. The molecule has 1 saturated heterocycles. The Labute approximate surface area is 217 Å². The van der Waals surface area contributed by atoms with Gasteiger partial charge < -0.3 is 18.9 Å². The topological polar surface area (TPSA) is 54.0 Å². The number of benzene rings is 4. The average Bonchev–Trinajstić information content (AvgIpc) is 3.27. The van der Waals surface area contributed by atoms with Crippen LogP contribution in [0, 0.1) is 0 Å². The predicted octanol–water partition coefficient (Wildman–Crippen LogP) is 7.22. The van der Waals surface area contributed by atoms with Gasteiger partial charge in [-0.25, -0.2) is 0 Å². The number of carbonyl (C=O) groups is 1. The van der Waals surface area contributed by atoms with E-state index in [-0.39, 0.29) is 6.10 Å². The molecule has 4 aromatic carbocycles. The van der Waals surface area contributed by atoms with Gasteiger partial charge in [0, 0.05) is 11.6 Å². The van der Waals surface area contributed by atoms with E-state index in [1.807, 2.05) is 105 Å². The van der Waals surface area contributed by atoms with Crippen LogP contribution < -0.4 is 9.47 Å². The van der Waals surface area contributed by atoms with Crippen molar-refractivity contribution in [2.75, 3.05) is 0 Å². The summed E-state index contributed by atoms with van der Waals surface area (Å²) in [6.45, 7) is 4.68. The van der Waals surface area contributed by atoms with Crippen LogP contribution in [-0.2, 0) is 22.7 Å². The van der Waals surface area contributed by atoms with E-state index in [1.165, 1.54) is 0 Å². The number of rotatable bonds is 9. The third-order valence-electron chi connectivity index (χ3n) is 6.23. The normalized spacial score (nSPS) is 18.3. The minimum atomic E-state index is -0.787. The van der Waals surface area contributed by atoms with E-state index >= 15 is 0 Å². The van der Waals surface area contributed by atoms with Crippen LogP contribution >= 0.6 is 0 Å². The molecule has 0 radical (unpaired) electrons. The van der Waals surface area contributed by atoms with Crippen LogP contribution in [0.1, 0.15) is 58.7 Å². The predicted molar refractivity (Wildman–Crippen MR) is 142 cm³/mol. The molecule has 0 bridgehead atoms. The lowest BCUT2D eigenvalue weighted by Crippen LogP contribution is -2.20. The quantitative estimate of drug-likeness (QED) is 0.230. The molecule has 5 heteroatoms. The lowest BCUT2D eigenvalue weighted by molar-refractivity contribution is -0.147. The number of ether oxygens (including phenoxy) is 4. The zero-order valence-corrected chi connectivity index (χ0v) is 21.0. The number of hydrogen-bond donors (Lipinski definition) is 0. The number of hydrogen-bond acceptors (Lipinski definition) is 5. The molecule has 188 valence electrons. The average molecular weight is 495 g/mol. The maximum Gasteiger partial charge on any atom is 0.164 e. The summed E-state index contributed by atoms with van der Waals surface area (Å²) in [6, 6.07) is 33.4. The van der Waals surface area contributed by atoms with Gasteiger partial charge in [0.05, 0.1) is 0 Å². The van der Waals surface area contributed by atoms with Crippen LogP contribution in [0.5, 0.6) is 11.5 Å². The molecule has 0 aromatic heterocycles. The number of aldehydes is 1. The van der Waals surface area contributed by atoms with Crippen LogP contribution in [0.15, 0.2) is 103 Å². The van der Waals surface area contributed by atoms with Gasteiger partial charge in [0.2, 0.25) is 0 Å². The summed E-state index contributed by atoms with van der Waals surface area (Å²) in [5.41, 5.74) is 4.60. The molecule has 1 heterocycles. The Morgan fingerprint density at radius 3 is 1.65 bits per heavy atom. The van der Waals surface area contributed by atoms with Crippen LogP contribution in [0.4, 0.5) is 0 Å². The first-order valence-corrected chi connectivity index (χ1v) is 12.4. The standard InChI is InChI=1S/C32H30O5/c1-32(2)36-30(26-15-13-23(20-33)14-16-26)31(37-32)27-17-28(34-21-24-9-5-3-6-10-24)19-29(18-27)35-22-25-11-7-4-8-12-25/h3-20,30-31H,21-22H2,1-2H3/t30-,31-/m1/s1. The number of carbonyl (C=O) groups excluding carboxylic acids is 1. The molecule has 0 unspecified atom stereocenters. The minimum Gasteiger partial charge on any atom is -0.489 e. The second kappa shape index (κ2) is 11.0. The fraction of sp³-hybridized carbons (Fsp3) is 0.219. The van der Waals surface area contributed by atoms with Crippen molar-refractivity contribution in [1.82, 2.24) is 0 Å². The largest absolute Gasteiger partial charge is 0.489 e. The van der Waals surface area contributed by atoms with E-state index in [4.69, 9.17) is 18.9 Å². The molecule has 1 aliphatic rings. The Kier molecular flexibility index (Phi) is 7.35. The molecule has 0 N–H and O–H groups in total. The third-order valence-corrected chi connectivity index (χ3v) is 6.23. The van der Waals surface area contributed by atoms with Gasteiger partial charge in [0.25, 0.3) is 0 Å². The Morgan fingerprint density at radius 1 is 0.676 bits per heavy atom. The Morgan fingerprint density at radius 2 is 1.16 bits per heavy atom. The summed E-state index contributed by atoms with van der Waals surface area (Å²) >= 11 is 0. The molecule has 0 saturated carbocycles. The summed E-state index contributed by atoms with van der Waals surface area (Å²) in [4.78, 5) is 11.1. The highest BCUT2D eigenvalue weighted by atomic mass is 16.8. The van der Waals surface area contributed by atoms with Gasteiger partial charge in [-0.1, -0.05) is 84.9 Å². The first-order valence-electron chi connectivity index (χ1n) is 12.4. The van der Waals surface area contributed by atoms with Crippen molar-refractivity contribution in [1.29, 1.82) is 0 Å². The van der Waals surface area contributed by atoms with Gasteiger partial charge in [-0.15, -0.1) is 0 Å². The first kappa shape index (κ1) is 24.8. The molecular weight excluding hydrogens is 464 g/mol. The van der Waals surface area contributed by atoms with Crippen molar-refractivity contribution in [3.05, 3.63) is 131 Å². The molecule has 5 rings (SSSR count). The van der Waals surface area contributed by atoms with Crippen LogP contribution in [0.2, 0.25) is 0 Å². The molecule has 1 aliphatic heterocycles. The Balaban J connectivity index is 1.46. The molecule has 4 aromatic rings. The van der Waals surface area contributed by atoms with Crippen LogP contribution in [0.25, 0.3) is 0 Å². The summed E-state index contributed by atoms with van der Waals surface area (Å²) < 4.78 is 25.1. The second-order valence-corrected chi connectivity index (χ2v) is 9.55. The van der Waals surface area contributed by atoms with Crippen molar-refractivity contribution in [3.8, 4) is 11.5 Å². The first-order chi connectivity index (χ1) is 18.0. The minimum absolute atomic E-state index is 0.359. The van der Waals surface area contributed by atoms with Crippen molar-refractivity contribution in [2.24, 2.45) is 0 Å². The molecule has 0 spiro atoms. The zero-order valence-electron chi connectivity index (χ0n) is 21.0. The van der Waals surface area contributed by atoms with Crippen molar-refractivity contribution in [3.63, 3.8) is 0 Å². The van der Waals surface area contributed by atoms with Gasteiger partial charge in [-0.05, 0) is 48.2 Å². The van der Waals surface area contributed by atoms with Crippen LogP contribution in [-0.4, -0.2) is 12.1 Å². The van der Waals surface area contributed by atoms with Gasteiger partial charge in [0.15, 0.2) is 5.79 Å². The molecule has 0 amide bonds. The van der Waals surface area contributed by atoms with E-state index in [1.54, 1.807) is 12.1 Å². The second-order valence-electron chi connectivity index (χ2n) is 9.55. The monoisotopic (exact) mass is 494 g/mol. The van der Waals surface area contributed by atoms with Gasteiger partial charge in [-0.2, -0.15) is 0 Å². The summed E-state index contributed by atoms with van der Waals surface area (Å²) in [7, 11) is 0. The molecule has 0 aliphatic carbocycles. The fourth-order valence-electron chi connectivity index (χ4n) is 4.42. The van der Waals surface area contributed by atoms with E-state index < -0.39 is 11.9 Å². The summed E-state index contributed by atoms with van der Waals surface area (Å²) in [5, 5.41) is 0. The van der Waals surface area contributed by atoms with E-state index in [2.05, 4.69) is 0 Å². The molecular formula is C32H30O5. The third kappa shape index (κ3) is 6.26. The van der Waals surface area contributed by atoms with Gasteiger partial charge in [0.1, 0.15) is 43.2 Å².